The number of benzene rings is 1. The number of pyridine rings is 1. The number of hydrogen-bond acceptors (Lipinski definition) is 4. The molecule has 1 aromatic heterocycles. The summed E-state index contributed by atoms with van der Waals surface area (Å²) in [5.41, 5.74) is 2.57. The lowest BCUT2D eigenvalue weighted by Crippen LogP contribution is -2.47. The van der Waals surface area contributed by atoms with Crippen molar-refractivity contribution in [2.45, 2.75) is 70.4 Å². The first-order chi connectivity index (χ1) is 15.5. The minimum absolute atomic E-state index is 0.179. The van der Waals surface area contributed by atoms with E-state index in [2.05, 4.69) is 27.1 Å². The average Bonchev–Trinajstić information content (AvgIpc) is 3.10. The molecule has 2 fully saturated rings. The van der Waals surface area contributed by atoms with E-state index in [-0.39, 0.29) is 5.91 Å². The summed E-state index contributed by atoms with van der Waals surface area (Å²) in [5, 5.41) is 3.49. The molecule has 0 bridgehead atoms. The van der Waals surface area contributed by atoms with Crippen LogP contribution in [0.2, 0.25) is 5.02 Å². The van der Waals surface area contributed by atoms with E-state index in [9.17, 15) is 4.79 Å². The van der Waals surface area contributed by atoms with E-state index < -0.39 is 0 Å². The van der Waals surface area contributed by atoms with Crippen LogP contribution in [0.3, 0.4) is 0 Å². The topological polar surface area (TPSA) is 48.5 Å². The maximum Gasteiger partial charge on any atom is 0.258 e. The number of piperidine rings is 1. The van der Waals surface area contributed by atoms with Crippen LogP contribution in [0.15, 0.2) is 36.5 Å². The van der Waals surface area contributed by atoms with Gasteiger partial charge in [0.2, 0.25) is 0 Å². The zero-order valence-electron chi connectivity index (χ0n) is 19.3. The van der Waals surface area contributed by atoms with E-state index in [0.717, 1.165) is 43.2 Å². The van der Waals surface area contributed by atoms with Crippen LogP contribution in [0.25, 0.3) is 0 Å². The number of rotatable bonds is 5. The van der Waals surface area contributed by atoms with Gasteiger partial charge in [0.25, 0.3) is 5.91 Å². The highest BCUT2D eigenvalue weighted by atomic mass is 35.5. The number of carbonyl (C=O) groups is 1. The zero-order chi connectivity index (χ0) is 22.5. The Morgan fingerprint density at radius 3 is 2.44 bits per heavy atom. The largest absolute Gasteiger partial charge is 0.371 e. The highest BCUT2D eigenvalue weighted by Gasteiger charge is 2.29. The molecule has 1 saturated heterocycles. The standard InChI is InChI=1S/C26H35ClN4O/c1-19-9-12-25(28-18-19)29-26(32)23-17-20(27)10-11-24(23)30(2)21-13-15-31(16-14-21)22-7-5-3-4-6-8-22/h9-12,17-18,21-22H,3-8,13-16H2,1-2H3,(H,28,29,32). The molecule has 1 aromatic carbocycles. The summed E-state index contributed by atoms with van der Waals surface area (Å²) in [6.07, 6.45) is 12.3. The lowest BCUT2D eigenvalue weighted by Gasteiger charge is -2.41. The van der Waals surface area contributed by atoms with Crippen molar-refractivity contribution >= 4 is 29.0 Å². The van der Waals surface area contributed by atoms with Gasteiger partial charge in [-0.3, -0.25) is 4.79 Å². The lowest BCUT2D eigenvalue weighted by molar-refractivity contribution is 0.102. The van der Waals surface area contributed by atoms with Gasteiger partial charge in [-0.05, 0) is 62.4 Å². The molecule has 0 radical (unpaired) electrons. The second kappa shape index (κ2) is 10.7. The Hall–Kier alpha value is -2.11. The zero-order valence-corrected chi connectivity index (χ0v) is 20.1. The molecule has 2 aliphatic rings. The Labute approximate surface area is 197 Å². The Bertz CT molecular complexity index is 901. The van der Waals surface area contributed by atoms with Gasteiger partial charge in [-0.1, -0.05) is 43.4 Å². The Morgan fingerprint density at radius 2 is 1.78 bits per heavy atom. The molecule has 0 atom stereocenters. The second-order valence-electron chi connectivity index (χ2n) is 9.36. The van der Waals surface area contributed by atoms with Crippen LogP contribution in [0.4, 0.5) is 11.5 Å². The van der Waals surface area contributed by atoms with E-state index in [1.54, 1.807) is 12.3 Å². The Kier molecular flexibility index (Phi) is 7.69. The van der Waals surface area contributed by atoms with Crippen LogP contribution in [0.1, 0.15) is 67.3 Å². The van der Waals surface area contributed by atoms with E-state index in [0.29, 0.717) is 22.4 Å². The monoisotopic (exact) mass is 454 g/mol. The van der Waals surface area contributed by atoms with Gasteiger partial charge < -0.3 is 15.1 Å². The summed E-state index contributed by atoms with van der Waals surface area (Å²) in [4.78, 5) is 22.4. The lowest BCUT2D eigenvalue weighted by atomic mass is 9.98. The summed E-state index contributed by atoms with van der Waals surface area (Å²) in [6.45, 7) is 4.26. The number of halogens is 1. The Morgan fingerprint density at radius 1 is 1.06 bits per heavy atom. The minimum atomic E-state index is -0.179. The van der Waals surface area contributed by atoms with Crippen LogP contribution in [-0.4, -0.2) is 48.0 Å². The summed E-state index contributed by atoms with van der Waals surface area (Å²) < 4.78 is 0. The number of carbonyl (C=O) groups excluding carboxylic acids is 1. The molecule has 172 valence electrons. The molecule has 5 nitrogen and oxygen atoms in total. The van der Waals surface area contributed by atoms with Crippen molar-refractivity contribution in [3.63, 3.8) is 0 Å². The molecular weight excluding hydrogens is 420 g/mol. The third-order valence-electron chi connectivity index (χ3n) is 7.12. The van der Waals surface area contributed by atoms with Crippen molar-refractivity contribution in [1.29, 1.82) is 0 Å². The third-order valence-corrected chi connectivity index (χ3v) is 7.36. The quantitative estimate of drug-likeness (QED) is 0.569. The molecule has 0 unspecified atom stereocenters. The van der Waals surface area contributed by atoms with Crippen LogP contribution < -0.4 is 10.2 Å². The molecule has 1 aliphatic heterocycles. The van der Waals surface area contributed by atoms with Crippen LogP contribution >= 0.6 is 11.6 Å². The van der Waals surface area contributed by atoms with Gasteiger partial charge in [0.05, 0.1) is 5.56 Å². The number of nitrogens with zero attached hydrogens (tertiary/aromatic N) is 3. The maximum absolute atomic E-state index is 13.1. The summed E-state index contributed by atoms with van der Waals surface area (Å²) in [5.74, 6) is 0.368. The number of aryl methyl sites for hydroxylation is 1. The van der Waals surface area contributed by atoms with Gasteiger partial charge >= 0.3 is 0 Å². The smallest absolute Gasteiger partial charge is 0.258 e. The van der Waals surface area contributed by atoms with Gasteiger partial charge in [0, 0.05) is 49.1 Å². The fourth-order valence-corrected chi connectivity index (χ4v) is 5.35. The average molecular weight is 455 g/mol. The fourth-order valence-electron chi connectivity index (χ4n) is 5.18. The van der Waals surface area contributed by atoms with E-state index in [1.165, 1.54) is 38.5 Å². The molecule has 32 heavy (non-hydrogen) atoms. The number of likely N-dealkylation sites (tertiary alicyclic amines) is 1. The highest BCUT2D eigenvalue weighted by Crippen LogP contribution is 2.31. The molecule has 4 rings (SSSR count). The molecule has 2 heterocycles. The first-order valence-corrected chi connectivity index (χ1v) is 12.4. The molecule has 2 aromatic rings. The molecule has 1 amide bonds. The second-order valence-corrected chi connectivity index (χ2v) is 9.80. The van der Waals surface area contributed by atoms with Crippen molar-refractivity contribution < 1.29 is 4.79 Å². The molecular formula is C26H35ClN4O. The maximum atomic E-state index is 13.1. The number of aromatic nitrogens is 1. The van der Waals surface area contributed by atoms with E-state index in [4.69, 9.17) is 11.6 Å². The molecule has 6 heteroatoms. The van der Waals surface area contributed by atoms with Gasteiger partial charge in [-0.25, -0.2) is 4.98 Å². The van der Waals surface area contributed by atoms with Crippen molar-refractivity contribution in [2.75, 3.05) is 30.4 Å². The van der Waals surface area contributed by atoms with Crippen molar-refractivity contribution in [3.8, 4) is 0 Å². The normalized spacial score (nSPS) is 18.8. The van der Waals surface area contributed by atoms with Crippen molar-refractivity contribution in [3.05, 3.63) is 52.7 Å². The van der Waals surface area contributed by atoms with E-state index >= 15 is 0 Å². The molecule has 0 spiro atoms. The van der Waals surface area contributed by atoms with Gasteiger partial charge in [0.15, 0.2) is 0 Å². The molecule has 1 N–H and O–H groups in total. The van der Waals surface area contributed by atoms with Crippen LogP contribution in [-0.2, 0) is 0 Å². The van der Waals surface area contributed by atoms with Gasteiger partial charge in [-0.2, -0.15) is 0 Å². The van der Waals surface area contributed by atoms with Gasteiger partial charge in [0.1, 0.15) is 5.82 Å². The van der Waals surface area contributed by atoms with Crippen molar-refractivity contribution in [2.24, 2.45) is 0 Å². The molecule has 1 saturated carbocycles. The summed E-state index contributed by atoms with van der Waals surface area (Å²) in [7, 11) is 2.11. The van der Waals surface area contributed by atoms with Crippen molar-refractivity contribution in [1.82, 2.24) is 9.88 Å². The van der Waals surface area contributed by atoms with Crippen LogP contribution in [0.5, 0.6) is 0 Å². The SMILES string of the molecule is Cc1ccc(NC(=O)c2cc(Cl)ccc2N(C)C2CCN(C3CCCCCC3)CC2)nc1. The fraction of sp³-hybridized carbons (Fsp3) is 0.538. The number of hydrogen-bond donors (Lipinski definition) is 1. The number of amides is 1. The first-order valence-electron chi connectivity index (χ1n) is 12.0. The minimum Gasteiger partial charge on any atom is -0.371 e. The van der Waals surface area contributed by atoms with Gasteiger partial charge in [-0.15, -0.1) is 0 Å². The number of anilines is 2. The Balaban J connectivity index is 1.44. The first kappa shape index (κ1) is 23.1. The van der Waals surface area contributed by atoms with Crippen LogP contribution in [0, 0.1) is 6.92 Å². The molecule has 1 aliphatic carbocycles. The predicted molar refractivity (Wildman–Crippen MR) is 133 cm³/mol. The summed E-state index contributed by atoms with van der Waals surface area (Å²) >= 11 is 6.27. The third kappa shape index (κ3) is 5.62. The van der Waals surface area contributed by atoms with E-state index in [1.807, 2.05) is 31.2 Å². The predicted octanol–water partition coefficient (Wildman–Crippen LogP) is 5.92. The highest BCUT2D eigenvalue weighted by molar-refractivity contribution is 6.31. The summed E-state index contributed by atoms with van der Waals surface area (Å²) in [6, 6.07) is 10.6. The number of nitrogens with one attached hydrogen (secondary N) is 1.